The number of nitrogens with zero attached hydrogens (tertiary/aromatic N) is 3. The van der Waals surface area contributed by atoms with Crippen LogP contribution >= 0.6 is 0 Å². The van der Waals surface area contributed by atoms with Crippen LogP contribution < -0.4 is 25.4 Å². The number of rotatable bonds is 9. The lowest BCUT2D eigenvalue weighted by Crippen LogP contribution is -2.44. The molecule has 198 valence electrons. The number of aliphatic imine (C=N–C) groups is 1. The molecule has 0 radical (unpaired) electrons. The average Bonchev–Trinajstić information content (AvgIpc) is 3.77. The third kappa shape index (κ3) is 5.82. The second kappa shape index (κ2) is 10.2. The number of ether oxygens (including phenoxy) is 1. The molecular formula is C28H38N5O4+. The van der Waals surface area contributed by atoms with Gasteiger partial charge in [0.1, 0.15) is 5.75 Å². The van der Waals surface area contributed by atoms with Crippen LogP contribution in [0, 0.1) is 11.8 Å². The molecule has 1 aromatic carbocycles. The molecule has 3 aliphatic rings. The summed E-state index contributed by atoms with van der Waals surface area (Å²) < 4.78 is 6.89. The molecule has 0 unspecified atom stereocenters. The van der Waals surface area contributed by atoms with Gasteiger partial charge in [-0.15, -0.1) is 0 Å². The Balaban J connectivity index is 1.35. The summed E-state index contributed by atoms with van der Waals surface area (Å²) in [6.45, 7) is 0.567. The number of benzene rings is 1. The molecule has 5 N–H and O–H groups in total. The van der Waals surface area contributed by atoms with Crippen molar-refractivity contribution in [1.82, 2.24) is 0 Å². The van der Waals surface area contributed by atoms with Gasteiger partial charge in [-0.05, 0) is 86.1 Å². The molecule has 0 aliphatic heterocycles. The summed E-state index contributed by atoms with van der Waals surface area (Å²) in [4.78, 5) is 19.7. The van der Waals surface area contributed by atoms with E-state index in [1.807, 2.05) is 0 Å². The first-order valence-corrected chi connectivity index (χ1v) is 13.3. The Bertz CT molecular complexity index is 1180. The van der Waals surface area contributed by atoms with Gasteiger partial charge in [-0.1, -0.05) is 0 Å². The molecule has 1 amide bonds. The van der Waals surface area contributed by atoms with Crippen LogP contribution in [0.1, 0.15) is 67.4 Å². The molecule has 3 aliphatic carbocycles. The van der Waals surface area contributed by atoms with E-state index in [4.69, 9.17) is 15.5 Å². The summed E-state index contributed by atoms with van der Waals surface area (Å²) in [5.74, 6) is 1.50. The van der Waals surface area contributed by atoms with Gasteiger partial charge in [0, 0.05) is 29.6 Å². The summed E-state index contributed by atoms with van der Waals surface area (Å²) >= 11 is 0. The van der Waals surface area contributed by atoms with Crippen LogP contribution in [-0.2, 0) is 0 Å². The van der Waals surface area contributed by atoms with Crippen LogP contribution in [0.15, 0.2) is 35.3 Å². The second-order valence-electron chi connectivity index (χ2n) is 11.0. The van der Waals surface area contributed by atoms with Crippen molar-refractivity contribution in [2.45, 2.75) is 63.0 Å². The number of nitrogens with two attached hydrogens (primary N) is 1. The lowest BCUT2D eigenvalue weighted by atomic mass is 9.79. The smallest absolute Gasteiger partial charge is 0.316 e. The van der Waals surface area contributed by atoms with E-state index < -0.39 is 11.5 Å². The molecule has 3 fully saturated rings. The van der Waals surface area contributed by atoms with Crippen LogP contribution in [0.5, 0.6) is 5.75 Å². The van der Waals surface area contributed by atoms with Gasteiger partial charge < -0.3 is 26.1 Å². The molecule has 0 bridgehead atoms. The zero-order valence-corrected chi connectivity index (χ0v) is 21.7. The van der Waals surface area contributed by atoms with Gasteiger partial charge in [-0.3, -0.25) is 14.7 Å². The van der Waals surface area contributed by atoms with Crippen LogP contribution in [0.25, 0.3) is 0 Å². The third-order valence-electron chi connectivity index (χ3n) is 7.82. The molecule has 3 saturated carbocycles. The Morgan fingerprint density at radius 2 is 1.95 bits per heavy atom. The number of nitrogens with one attached hydrogen (secondary N) is 1. The van der Waals surface area contributed by atoms with E-state index in [1.165, 1.54) is 0 Å². The van der Waals surface area contributed by atoms with Crippen LogP contribution in [-0.4, -0.2) is 54.8 Å². The molecule has 0 saturated heterocycles. The molecule has 0 spiro atoms. The maximum atomic E-state index is 13.2. The number of aromatic nitrogens is 1. The second-order valence-corrected chi connectivity index (χ2v) is 11.0. The van der Waals surface area contributed by atoms with E-state index in [0.717, 1.165) is 56.1 Å². The van der Waals surface area contributed by atoms with Gasteiger partial charge >= 0.3 is 5.82 Å². The van der Waals surface area contributed by atoms with Crippen molar-refractivity contribution in [3.63, 3.8) is 0 Å². The van der Waals surface area contributed by atoms with E-state index >= 15 is 0 Å². The molecule has 1 aromatic heterocycles. The first kappa shape index (κ1) is 25.3. The molecular weight excluding hydrogens is 470 g/mol. The van der Waals surface area contributed by atoms with Gasteiger partial charge in [0.05, 0.1) is 38.0 Å². The summed E-state index contributed by atoms with van der Waals surface area (Å²) in [6, 6.07) is 8.64. The van der Waals surface area contributed by atoms with Gasteiger partial charge in [0.15, 0.2) is 0 Å². The van der Waals surface area contributed by atoms with Crippen molar-refractivity contribution in [3.05, 3.63) is 41.6 Å². The highest BCUT2D eigenvalue weighted by Gasteiger charge is 2.45. The Morgan fingerprint density at radius 1 is 1.22 bits per heavy atom. The Morgan fingerprint density at radius 3 is 2.59 bits per heavy atom. The van der Waals surface area contributed by atoms with Gasteiger partial charge in [-0.25, -0.2) is 0 Å². The number of pyridine rings is 1. The molecule has 37 heavy (non-hydrogen) atoms. The minimum absolute atomic E-state index is 0.0942. The maximum Gasteiger partial charge on any atom is 0.316 e. The number of anilines is 3. The highest BCUT2D eigenvalue weighted by molar-refractivity contribution is 6.04. The first-order chi connectivity index (χ1) is 17.7. The molecule has 1 heterocycles. The highest BCUT2D eigenvalue weighted by Crippen LogP contribution is 2.47. The van der Waals surface area contributed by atoms with Gasteiger partial charge in [-0.2, -0.15) is 0 Å². The third-order valence-corrected chi connectivity index (χ3v) is 7.82. The highest BCUT2D eigenvalue weighted by atomic mass is 16.5. The Hall–Kier alpha value is -3.33. The SMILES string of the molecule is CN(C)c1cccc(C(=O)Nc2cc(C=NC3CCC(O)(C4CC4)CC3)c(N)cc2OCC2CC2)[n+]1O. The summed E-state index contributed by atoms with van der Waals surface area (Å²) in [5, 5.41) is 24.3. The summed E-state index contributed by atoms with van der Waals surface area (Å²) in [6.07, 6.45) is 9.61. The van der Waals surface area contributed by atoms with Crippen molar-refractivity contribution in [2.24, 2.45) is 16.8 Å². The monoisotopic (exact) mass is 508 g/mol. The number of amides is 1. The molecule has 9 heteroatoms. The fourth-order valence-electron chi connectivity index (χ4n) is 5.09. The van der Waals surface area contributed by atoms with E-state index in [-0.39, 0.29) is 11.7 Å². The fraction of sp³-hybridized carbons (Fsp3) is 0.536. The number of carbonyl (C=O) groups is 1. The zero-order valence-electron chi connectivity index (χ0n) is 21.7. The first-order valence-electron chi connectivity index (χ1n) is 13.3. The molecule has 2 aromatic rings. The minimum atomic E-state index is -0.503. The van der Waals surface area contributed by atoms with Crippen molar-refractivity contribution < 1.29 is 24.6 Å². The van der Waals surface area contributed by atoms with E-state index in [1.54, 1.807) is 55.5 Å². The number of carbonyl (C=O) groups excluding carboxylic acids is 1. The Kier molecular flexibility index (Phi) is 6.98. The Labute approximate surface area is 217 Å². The van der Waals surface area contributed by atoms with Crippen molar-refractivity contribution in [1.29, 1.82) is 0 Å². The topological polar surface area (TPSA) is 124 Å². The van der Waals surface area contributed by atoms with E-state index in [2.05, 4.69) is 5.32 Å². The zero-order chi connectivity index (χ0) is 26.2. The largest absolute Gasteiger partial charge is 0.491 e. The normalized spacial score (nSPS) is 23.7. The summed E-state index contributed by atoms with van der Waals surface area (Å²) in [7, 11) is 3.58. The van der Waals surface area contributed by atoms with Gasteiger partial charge in [0.25, 0.3) is 5.91 Å². The molecule has 5 rings (SSSR count). The van der Waals surface area contributed by atoms with Crippen molar-refractivity contribution >= 4 is 29.3 Å². The van der Waals surface area contributed by atoms with Crippen molar-refractivity contribution in [3.8, 4) is 5.75 Å². The number of aliphatic hydroxyl groups is 1. The maximum absolute atomic E-state index is 13.2. The number of nitrogen functional groups attached to an aromatic ring is 1. The fourth-order valence-corrected chi connectivity index (χ4v) is 5.09. The molecule has 0 atom stereocenters. The lowest BCUT2D eigenvalue weighted by Gasteiger charge is -2.35. The van der Waals surface area contributed by atoms with Crippen molar-refractivity contribution in [2.75, 3.05) is 36.7 Å². The number of hydrogen-bond donors (Lipinski definition) is 4. The van der Waals surface area contributed by atoms with Crippen LogP contribution in [0.4, 0.5) is 17.2 Å². The van der Waals surface area contributed by atoms with Crippen LogP contribution in [0.3, 0.4) is 0 Å². The van der Waals surface area contributed by atoms with E-state index in [9.17, 15) is 15.1 Å². The van der Waals surface area contributed by atoms with E-state index in [0.29, 0.717) is 46.9 Å². The quantitative estimate of drug-likeness (QED) is 0.178. The predicted molar refractivity (Wildman–Crippen MR) is 143 cm³/mol. The lowest BCUT2D eigenvalue weighted by molar-refractivity contribution is -0.895. The van der Waals surface area contributed by atoms with Gasteiger partial charge in [0.2, 0.25) is 5.69 Å². The van der Waals surface area contributed by atoms with Crippen LogP contribution in [0.2, 0.25) is 0 Å². The standard InChI is InChI=1S/C28H37N5O4/c1-32(2)26-5-3-4-24(33(26)36)27(34)31-23-14-19(22(29)15-25(23)37-17-18-6-7-18)16-30-21-10-12-28(35,13-11-21)20-8-9-20/h3-5,14-16,18,20-21,29,34-36H,6-13,17H2,1-2H3/p+1. The number of hydrogen-bond acceptors (Lipinski definition) is 7. The molecule has 9 nitrogen and oxygen atoms in total. The predicted octanol–water partition coefficient (Wildman–Crippen LogP) is 3.40. The average molecular weight is 509 g/mol. The minimum Gasteiger partial charge on any atom is -0.491 e. The summed E-state index contributed by atoms with van der Waals surface area (Å²) in [5.41, 5.74) is 7.64.